The van der Waals surface area contributed by atoms with Crippen molar-refractivity contribution in [1.82, 2.24) is 10.2 Å². The summed E-state index contributed by atoms with van der Waals surface area (Å²) >= 11 is 0. The second-order valence-electron chi connectivity index (χ2n) is 14.3. The fourth-order valence-corrected chi connectivity index (χ4v) is 9.50. The van der Waals surface area contributed by atoms with Gasteiger partial charge >= 0.3 is 6.09 Å². The second-order valence-corrected chi connectivity index (χ2v) is 14.3. The van der Waals surface area contributed by atoms with Gasteiger partial charge in [0.2, 0.25) is 5.91 Å². The first-order valence-electron chi connectivity index (χ1n) is 15.8. The van der Waals surface area contributed by atoms with Crippen LogP contribution in [0.25, 0.3) is 0 Å². The lowest BCUT2D eigenvalue weighted by Crippen LogP contribution is -2.63. The van der Waals surface area contributed by atoms with E-state index in [1.807, 2.05) is 25.2 Å². The Morgan fingerprint density at radius 3 is 2.34 bits per heavy atom. The Hall–Kier alpha value is -2.25. The minimum Gasteiger partial charge on any atom is -0.445 e. The monoisotopic (exact) mass is 566 g/mol. The lowest BCUT2D eigenvalue weighted by Gasteiger charge is -2.61. The van der Waals surface area contributed by atoms with Crippen molar-refractivity contribution in [2.45, 2.75) is 91.3 Å². The van der Waals surface area contributed by atoms with Crippen LogP contribution in [0, 0.1) is 39.9 Å². The number of methoxy groups -OCH3 is 1. The molecule has 226 valence electrons. The number of ketones is 1. The van der Waals surface area contributed by atoms with Crippen LogP contribution in [0.2, 0.25) is 0 Å². The number of hydrogen-bond donors (Lipinski definition) is 1. The van der Waals surface area contributed by atoms with E-state index in [1.165, 1.54) is 0 Å². The van der Waals surface area contributed by atoms with Crippen LogP contribution < -0.4 is 5.32 Å². The Kier molecular flexibility index (Phi) is 8.43. The van der Waals surface area contributed by atoms with Crippen LogP contribution in [-0.2, 0) is 25.5 Å². The van der Waals surface area contributed by atoms with E-state index in [4.69, 9.17) is 9.47 Å². The fraction of sp³-hybridized carbons (Fsp3) is 0.735. The van der Waals surface area contributed by atoms with Crippen LogP contribution in [0.1, 0.15) is 78.2 Å². The zero-order valence-corrected chi connectivity index (χ0v) is 25.9. The molecule has 1 aliphatic heterocycles. The third kappa shape index (κ3) is 5.26. The molecular weight excluding hydrogens is 516 g/mol. The number of benzene rings is 1. The molecule has 2 amide bonds. The molecule has 8 atom stereocenters. The van der Waals surface area contributed by atoms with E-state index in [1.54, 1.807) is 7.11 Å². The van der Waals surface area contributed by atoms with Gasteiger partial charge in [0, 0.05) is 35.7 Å². The summed E-state index contributed by atoms with van der Waals surface area (Å²) in [5, 5.41) is 2.60. The van der Waals surface area contributed by atoms with Gasteiger partial charge in [-0.05, 0) is 88.4 Å². The van der Waals surface area contributed by atoms with Gasteiger partial charge in [0.15, 0.2) is 0 Å². The van der Waals surface area contributed by atoms with Crippen LogP contribution >= 0.6 is 0 Å². The molecule has 3 saturated carbocycles. The normalized spacial score (nSPS) is 39.9. The zero-order valence-electron chi connectivity index (χ0n) is 25.9. The summed E-state index contributed by atoms with van der Waals surface area (Å²) in [5.41, 5.74) is -0.212. The number of carbonyl (C=O) groups is 3. The zero-order chi connectivity index (χ0) is 29.6. The number of imide groups is 1. The molecule has 0 aromatic heterocycles. The molecule has 7 heteroatoms. The highest BCUT2D eigenvalue weighted by molar-refractivity contribution is 5.93. The Balaban J connectivity index is 1.51. The number of nitrogens with one attached hydrogen (secondary N) is 1. The van der Waals surface area contributed by atoms with Crippen LogP contribution in [0.3, 0.4) is 0 Å². The largest absolute Gasteiger partial charge is 0.445 e. The predicted octanol–water partition coefficient (Wildman–Crippen LogP) is 5.66. The molecule has 1 saturated heterocycles. The third-order valence-corrected chi connectivity index (χ3v) is 12.1. The lowest BCUT2D eigenvalue weighted by molar-refractivity contribution is -0.192. The Morgan fingerprint density at radius 2 is 1.68 bits per heavy atom. The smallest absolute Gasteiger partial charge is 0.414 e. The maximum Gasteiger partial charge on any atom is 0.414 e. The molecule has 7 nitrogen and oxygen atoms in total. The number of nitrogens with zero attached hydrogens (tertiary/aromatic N) is 1. The van der Waals surface area contributed by atoms with Gasteiger partial charge in [-0.1, -0.05) is 58.0 Å². The number of hydrogen-bond acceptors (Lipinski definition) is 6. The molecule has 0 spiro atoms. The number of carbonyl (C=O) groups excluding carboxylic acids is 3. The maximum absolute atomic E-state index is 14.6. The third-order valence-electron chi connectivity index (χ3n) is 12.1. The summed E-state index contributed by atoms with van der Waals surface area (Å²) in [6, 6.07) is 10.2. The van der Waals surface area contributed by atoms with Gasteiger partial charge in [0.1, 0.15) is 11.9 Å². The Morgan fingerprint density at radius 1 is 1.02 bits per heavy atom. The highest BCUT2D eigenvalue weighted by Gasteiger charge is 2.68. The predicted molar refractivity (Wildman–Crippen MR) is 158 cm³/mol. The van der Waals surface area contributed by atoms with E-state index < -0.39 is 23.0 Å². The number of alkyl carbamates (subject to hydrolysis) is 1. The molecule has 1 aromatic rings. The van der Waals surface area contributed by atoms with E-state index in [0.29, 0.717) is 12.8 Å². The average Bonchev–Trinajstić information content (AvgIpc) is 3.35. The molecule has 1 N–H and O–H groups in total. The van der Waals surface area contributed by atoms with E-state index in [-0.39, 0.29) is 46.9 Å². The second kappa shape index (κ2) is 11.4. The van der Waals surface area contributed by atoms with Crippen molar-refractivity contribution >= 4 is 17.8 Å². The first kappa shape index (κ1) is 30.2. The van der Waals surface area contributed by atoms with Crippen molar-refractivity contribution in [1.29, 1.82) is 0 Å². The van der Waals surface area contributed by atoms with Crippen molar-refractivity contribution in [3.05, 3.63) is 35.9 Å². The van der Waals surface area contributed by atoms with Crippen LogP contribution in [0.15, 0.2) is 30.3 Å². The number of piperidine rings is 1. The summed E-state index contributed by atoms with van der Waals surface area (Å²) in [6.07, 6.45) is 5.08. The van der Waals surface area contributed by atoms with Crippen LogP contribution in [0.4, 0.5) is 4.79 Å². The van der Waals surface area contributed by atoms with Gasteiger partial charge in [0.05, 0.1) is 6.10 Å². The molecule has 41 heavy (non-hydrogen) atoms. The summed E-state index contributed by atoms with van der Waals surface area (Å²) in [4.78, 5) is 43.4. The SMILES string of the molecule is CO[C@H]1CCC23CC[C@@H](C)[C@](C)(C12)[C@H](OC(=O)NC(=O)C1CCN(C)CC1)C[C@@](C)(Cc1ccccc1)C(=O)[C@@H]3C. The van der Waals surface area contributed by atoms with E-state index in [0.717, 1.165) is 57.2 Å². The summed E-state index contributed by atoms with van der Waals surface area (Å²) in [6.45, 7) is 10.4. The van der Waals surface area contributed by atoms with Gasteiger partial charge in [-0.15, -0.1) is 0 Å². The quantitative estimate of drug-likeness (QED) is 0.496. The Labute approximate surface area is 246 Å². The molecule has 1 aromatic carbocycles. The fourth-order valence-electron chi connectivity index (χ4n) is 9.50. The van der Waals surface area contributed by atoms with E-state index in [9.17, 15) is 14.4 Å². The Bertz CT molecular complexity index is 1130. The number of Topliss-reactive ketones (excluding diaryl/α,β-unsaturated/α-hetero) is 1. The standard InChI is InChI=1S/C34H50N2O5/c1-22-12-16-34-17-13-26(40-6)28(34)33(22,4)27(41-31(39)35-30(38)25-14-18-36(5)19-15-25)21-32(3,29(37)23(34)2)20-24-10-8-7-9-11-24/h7-11,22-23,25-28H,12-21H2,1-6H3,(H,35,38,39)/t22-,23+,26+,27-,28?,32-,33+,34?/m1/s1. The minimum absolute atomic E-state index is 0.00602. The molecule has 1 heterocycles. The summed E-state index contributed by atoms with van der Waals surface area (Å²) in [7, 11) is 3.83. The highest BCUT2D eigenvalue weighted by atomic mass is 16.6. The first-order chi connectivity index (χ1) is 19.4. The number of likely N-dealkylation sites (tertiary alicyclic amines) is 1. The van der Waals surface area contributed by atoms with Crippen molar-refractivity contribution in [3.8, 4) is 0 Å². The summed E-state index contributed by atoms with van der Waals surface area (Å²) in [5.74, 6) is 0.0560. The molecule has 4 aliphatic rings. The van der Waals surface area contributed by atoms with E-state index >= 15 is 0 Å². The van der Waals surface area contributed by atoms with Gasteiger partial charge < -0.3 is 14.4 Å². The lowest BCUT2D eigenvalue weighted by atomic mass is 9.43. The van der Waals surface area contributed by atoms with Crippen molar-refractivity contribution in [3.63, 3.8) is 0 Å². The van der Waals surface area contributed by atoms with Crippen molar-refractivity contribution in [2.24, 2.45) is 39.9 Å². The number of rotatable bonds is 5. The molecule has 5 rings (SSSR count). The molecule has 0 radical (unpaired) electrons. The average molecular weight is 567 g/mol. The minimum atomic E-state index is -0.717. The highest BCUT2D eigenvalue weighted by Crippen LogP contribution is 2.68. The van der Waals surface area contributed by atoms with Gasteiger partial charge in [-0.3, -0.25) is 14.9 Å². The van der Waals surface area contributed by atoms with Crippen molar-refractivity contribution in [2.75, 3.05) is 27.2 Å². The molecule has 3 aliphatic carbocycles. The number of amides is 2. The van der Waals surface area contributed by atoms with E-state index in [2.05, 4.69) is 50.0 Å². The van der Waals surface area contributed by atoms with Crippen LogP contribution in [0.5, 0.6) is 0 Å². The molecule has 4 fully saturated rings. The summed E-state index contributed by atoms with van der Waals surface area (Å²) < 4.78 is 12.5. The topological polar surface area (TPSA) is 84.9 Å². The van der Waals surface area contributed by atoms with Gasteiger partial charge in [-0.25, -0.2) is 4.79 Å². The first-order valence-corrected chi connectivity index (χ1v) is 15.8. The van der Waals surface area contributed by atoms with Crippen LogP contribution in [-0.4, -0.2) is 62.1 Å². The molecular formula is C34H50N2O5. The van der Waals surface area contributed by atoms with Crippen molar-refractivity contribution < 1.29 is 23.9 Å². The maximum atomic E-state index is 14.6. The number of ether oxygens (including phenoxy) is 2. The van der Waals surface area contributed by atoms with Gasteiger partial charge in [-0.2, -0.15) is 0 Å². The van der Waals surface area contributed by atoms with Gasteiger partial charge in [0.25, 0.3) is 0 Å². The molecule has 2 bridgehead atoms. The molecule has 2 unspecified atom stereocenters.